The van der Waals surface area contributed by atoms with Crippen molar-refractivity contribution in [3.05, 3.63) is 35.6 Å². The summed E-state index contributed by atoms with van der Waals surface area (Å²) in [5, 5.41) is 0. The number of carbonyl (C=O) groups excluding carboxylic acids is 1. The van der Waals surface area contributed by atoms with Crippen molar-refractivity contribution in [2.24, 2.45) is 5.92 Å². The molecule has 22 heavy (non-hydrogen) atoms. The van der Waals surface area contributed by atoms with Crippen LogP contribution < -0.4 is 0 Å². The molecule has 3 atom stereocenters. The maximum Gasteiger partial charge on any atom is 0.226 e. The van der Waals surface area contributed by atoms with Crippen LogP contribution in [0.1, 0.15) is 37.2 Å². The molecule has 2 aliphatic heterocycles. The summed E-state index contributed by atoms with van der Waals surface area (Å²) in [5.74, 6) is 0.398. The smallest absolute Gasteiger partial charge is 0.226 e. The van der Waals surface area contributed by atoms with Crippen molar-refractivity contribution in [3.63, 3.8) is 0 Å². The van der Waals surface area contributed by atoms with Crippen LogP contribution in [0.25, 0.3) is 0 Å². The molecule has 3 fully saturated rings. The standard InChI is InChI=1S/C18H23FN2O/c19-14-5-3-4-13(10-14)16-11-17(16)18(22)21-9-6-15(12-21)20-7-1-2-8-20/h3-5,10,15-17H,1-2,6-9,11-12H2/t15-,16+,17-/m1/s1. The predicted molar refractivity (Wildman–Crippen MR) is 83.0 cm³/mol. The van der Waals surface area contributed by atoms with Crippen LogP contribution in [0.2, 0.25) is 0 Å². The van der Waals surface area contributed by atoms with Crippen molar-refractivity contribution in [1.29, 1.82) is 0 Å². The Balaban J connectivity index is 1.35. The van der Waals surface area contributed by atoms with Gasteiger partial charge < -0.3 is 4.90 Å². The first-order chi connectivity index (χ1) is 10.7. The molecule has 0 radical (unpaired) electrons. The highest BCUT2D eigenvalue weighted by Crippen LogP contribution is 2.48. The molecular weight excluding hydrogens is 279 g/mol. The molecule has 118 valence electrons. The van der Waals surface area contributed by atoms with Crippen LogP contribution in [0.3, 0.4) is 0 Å². The normalized spacial score (nSPS) is 31.7. The number of rotatable bonds is 3. The fraction of sp³-hybridized carbons (Fsp3) is 0.611. The molecule has 4 heteroatoms. The molecule has 1 aromatic rings. The summed E-state index contributed by atoms with van der Waals surface area (Å²) >= 11 is 0. The van der Waals surface area contributed by atoms with Crippen molar-refractivity contribution in [2.45, 2.75) is 37.6 Å². The summed E-state index contributed by atoms with van der Waals surface area (Å²) in [6, 6.07) is 7.29. The zero-order valence-corrected chi connectivity index (χ0v) is 12.9. The Morgan fingerprint density at radius 3 is 2.77 bits per heavy atom. The summed E-state index contributed by atoms with van der Waals surface area (Å²) in [7, 11) is 0. The number of hydrogen-bond acceptors (Lipinski definition) is 2. The number of benzene rings is 1. The average molecular weight is 302 g/mol. The Hall–Kier alpha value is -1.42. The lowest BCUT2D eigenvalue weighted by molar-refractivity contribution is -0.131. The van der Waals surface area contributed by atoms with E-state index in [0.29, 0.717) is 6.04 Å². The van der Waals surface area contributed by atoms with Gasteiger partial charge >= 0.3 is 0 Å². The highest BCUT2D eigenvalue weighted by Gasteiger charge is 2.47. The zero-order valence-electron chi connectivity index (χ0n) is 12.9. The summed E-state index contributed by atoms with van der Waals surface area (Å²) in [4.78, 5) is 17.2. The molecule has 4 rings (SSSR count). The Bertz CT molecular complexity index is 570. The minimum absolute atomic E-state index is 0.0825. The van der Waals surface area contributed by atoms with Crippen molar-refractivity contribution < 1.29 is 9.18 Å². The summed E-state index contributed by atoms with van der Waals surface area (Å²) < 4.78 is 13.3. The molecule has 0 unspecified atom stereocenters. The second kappa shape index (κ2) is 5.65. The number of carbonyl (C=O) groups is 1. The van der Waals surface area contributed by atoms with Crippen LogP contribution in [0, 0.1) is 11.7 Å². The lowest BCUT2D eigenvalue weighted by atomic mass is 10.1. The molecular formula is C18H23FN2O. The van der Waals surface area contributed by atoms with Crippen LogP contribution in [0.15, 0.2) is 24.3 Å². The van der Waals surface area contributed by atoms with E-state index in [-0.39, 0.29) is 23.6 Å². The van der Waals surface area contributed by atoms with E-state index >= 15 is 0 Å². The average Bonchev–Trinajstić information content (AvgIpc) is 2.92. The SMILES string of the molecule is O=C([C@@H]1C[C@H]1c1cccc(F)c1)N1CC[C@@H](N2CCCC2)C1. The van der Waals surface area contributed by atoms with Gasteiger partial charge in [-0.2, -0.15) is 0 Å². The number of halogens is 1. The third-order valence-electron chi connectivity index (χ3n) is 5.52. The van der Waals surface area contributed by atoms with Gasteiger partial charge in [0.2, 0.25) is 5.91 Å². The molecule has 0 bridgehead atoms. The Morgan fingerprint density at radius 1 is 1.18 bits per heavy atom. The molecule has 2 heterocycles. The number of likely N-dealkylation sites (tertiary alicyclic amines) is 2. The van der Waals surface area contributed by atoms with Crippen LogP contribution >= 0.6 is 0 Å². The van der Waals surface area contributed by atoms with Crippen molar-refractivity contribution >= 4 is 5.91 Å². The number of hydrogen-bond donors (Lipinski definition) is 0. The van der Waals surface area contributed by atoms with E-state index in [4.69, 9.17) is 0 Å². The number of nitrogens with zero attached hydrogens (tertiary/aromatic N) is 2. The molecule has 1 saturated carbocycles. The molecule has 0 spiro atoms. The van der Waals surface area contributed by atoms with Crippen molar-refractivity contribution in [3.8, 4) is 0 Å². The fourth-order valence-corrected chi connectivity index (χ4v) is 4.15. The highest BCUT2D eigenvalue weighted by atomic mass is 19.1. The van der Waals surface area contributed by atoms with Gasteiger partial charge in [0.25, 0.3) is 0 Å². The largest absolute Gasteiger partial charge is 0.341 e. The van der Waals surface area contributed by atoms with E-state index in [1.165, 1.54) is 32.0 Å². The topological polar surface area (TPSA) is 23.6 Å². The Morgan fingerprint density at radius 2 is 2.00 bits per heavy atom. The quantitative estimate of drug-likeness (QED) is 0.857. The van der Waals surface area contributed by atoms with Gasteiger partial charge in [0, 0.05) is 25.0 Å². The molecule has 1 aromatic carbocycles. The first kappa shape index (κ1) is 14.2. The number of amides is 1. The monoisotopic (exact) mass is 302 g/mol. The zero-order chi connectivity index (χ0) is 15.1. The summed E-state index contributed by atoms with van der Waals surface area (Å²) in [5.41, 5.74) is 0.980. The van der Waals surface area contributed by atoms with E-state index in [0.717, 1.165) is 31.5 Å². The van der Waals surface area contributed by atoms with Gasteiger partial charge in [-0.1, -0.05) is 12.1 Å². The summed E-state index contributed by atoms with van der Waals surface area (Å²) in [6.45, 7) is 4.18. The lowest BCUT2D eigenvalue weighted by Crippen LogP contribution is -2.37. The fourth-order valence-electron chi connectivity index (χ4n) is 4.15. The van der Waals surface area contributed by atoms with Crippen molar-refractivity contribution in [1.82, 2.24) is 9.80 Å². The highest BCUT2D eigenvalue weighted by molar-refractivity contribution is 5.83. The molecule has 1 amide bonds. The third-order valence-corrected chi connectivity index (χ3v) is 5.52. The predicted octanol–water partition coefficient (Wildman–Crippen LogP) is 2.63. The molecule has 2 saturated heterocycles. The van der Waals surface area contributed by atoms with Gasteiger partial charge in [-0.25, -0.2) is 4.39 Å². The van der Waals surface area contributed by atoms with Crippen LogP contribution in [0.5, 0.6) is 0 Å². The van der Waals surface area contributed by atoms with E-state index in [9.17, 15) is 9.18 Å². The maximum atomic E-state index is 13.3. The maximum absolute atomic E-state index is 13.3. The molecule has 1 aliphatic carbocycles. The van der Waals surface area contributed by atoms with E-state index < -0.39 is 0 Å². The van der Waals surface area contributed by atoms with Crippen LogP contribution in [0.4, 0.5) is 4.39 Å². The van der Waals surface area contributed by atoms with Gasteiger partial charge in [0.05, 0.1) is 0 Å². The molecule has 0 aromatic heterocycles. The minimum atomic E-state index is -0.203. The third kappa shape index (κ3) is 2.65. The van der Waals surface area contributed by atoms with Crippen LogP contribution in [-0.2, 0) is 4.79 Å². The minimum Gasteiger partial charge on any atom is -0.341 e. The van der Waals surface area contributed by atoms with Gasteiger partial charge in [-0.15, -0.1) is 0 Å². The molecule has 3 nitrogen and oxygen atoms in total. The molecule has 3 aliphatic rings. The van der Waals surface area contributed by atoms with Gasteiger partial charge in [0.15, 0.2) is 0 Å². The molecule has 0 N–H and O–H groups in total. The van der Waals surface area contributed by atoms with Gasteiger partial charge in [0.1, 0.15) is 5.82 Å². The van der Waals surface area contributed by atoms with E-state index in [2.05, 4.69) is 4.90 Å². The van der Waals surface area contributed by atoms with Gasteiger partial charge in [-0.05, 0) is 62.4 Å². The summed E-state index contributed by atoms with van der Waals surface area (Å²) in [6.07, 6.45) is 4.60. The van der Waals surface area contributed by atoms with E-state index in [1.54, 1.807) is 12.1 Å². The first-order valence-corrected chi connectivity index (χ1v) is 8.50. The Labute approximate surface area is 131 Å². The Kier molecular flexibility index (Phi) is 3.65. The van der Waals surface area contributed by atoms with E-state index in [1.807, 2.05) is 11.0 Å². The van der Waals surface area contributed by atoms with Gasteiger partial charge in [-0.3, -0.25) is 9.69 Å². The second-order valence-electron chi connectivity index (χ2n) is 6.97. The second-order valence-corrected chi connectivity index (χ2v) is 6.97. The lowest BCUT2D eigenvalue weighted by Gasteiger charge is -2.23. The first-order valence-electron chi connectivity index (χ1n) is 8.50. The van der Waals surface area contributed by atoms with Crippen molar-refractivity contribution in [2.75, 3.05) is 26.2 Å². The van der Waals surface area contributed by atoms with Crippen LogP contribution in [-0.4, -0.2) is 47.9 Å².